The summed E-state index contributed by atoms with van der Waals surface area (Å²) in [5.41, 5.74) is 1.70. The fourth-order valence-corrected chi connectivity index (χ4v) is 3.08. The van der Waals surface area contributed by atoms with Crippen LogP contribution in [0.5, 0.6) is 0 Å². The Hall–Kier alpha value is -1.35. The molecule has 7 heteroatoms. The van der Waals surface area contributed by atoms with Crippen LogP contribution in [0.3, 0.4) is 0 Å². The maximum atomic E-state index is 12.1. The van der Waals surface area contributed by atoms with Crippen LogP contribution in [0.2, 0.25) is 0 Å². The molecule has 29 heavy (non-hydrogen) atoms. The second kappa shape index (κ2) is 15.5. The second-order valence-corrected chi connectivity index (χ2v) is 7.50. The van der Waals surface area contributed by atoms with Crippen molar-refractivity contribution in [3.63, 3.8) is 0 Å². The molecule has 0 aliphatic rings. The number of nitrogens with zero attached hydrogens (tertiary/aromatic N) is 2. The van der Waals surface area contributed by atoms with Gasteiger partial charge in [-0.15, -0.1) is 24.0 Å². The van der Waals surface area contributed by atoms with Gasteiger partial charge in [-0.05, 0) is 58.7 Å². The molecule has 0 saturated heterocycles. The number of halogens is 1. The van der Waals surface area contributed by atoms with E-state index in [2.05, 4.69) is 60.5 Å². The van der Waals surface area contributed by atoms with Crippen molar-refractivity contribution < 1.29 is 4.79 Å². The topological polar surface area (TPSA) is 68.8 Å². The van der Waals surface area contributed by atoms with Crippen LogP contribution in [-0.4, -0.2) is 55.0 Å². The van der Waals surface area contributed by atoms with Crippen molar-refractivity contribution in [2.75, 3.05) is 26.2 Å². The summed E-state index contributed by atoms with van der Waals surface area (Å²) in [6.45, 7) is 16.8. The lowest BCUT2D eigenvalue weighted by Crippen LogP contribution is -2.45. The number of amides is 1. The quantitative estimate of drug-likeness (QED) is 0.238. The first-order valence-electron chi connectivity index (χ1n) is 10.5. The van der Waals surface area contributed by atoms with Crippen molar-refractivity contribution in [1.29, 1.82) is 0 Å². The third kappa shape index (κ3) is 10.8. The molecule has 0 aromatic heterocycles. The SMILES string of the molecule is CCCNC(=O)c1cccc(CN=C(NCC)NCCN(C(C)C)C(C)C)c1.I. The van der Waals surface area contributed by atoms with Gasteiger partial charge in [0, 0.05) is 43.8 Å². The molecule has 0 aliphatic heterocycles. The number of carbonyl (C=O) groups is 1. The van der Waals surface area contributed by atoms with Gasteiger partial charge in [-0.1, -0.05) is 19.1 Å². The molecule has 166 valence electrons. The van der Waals surface area contributed by atoms with Gasteiger partial charge in [0.05, 0.1) is 6.54 Å². The van der Waals surface area contributed by atoms with Crippen molar-refractivity contribution in [2.24, 2.45) is 4.99 Å². The van der Waals surface area contributed by atoms with E-state index in [9.17, 15) is 4.79 Å². The summed E-state index contributed by atoms with van der Waals surface area (Å²) in [5.74, 6) is 0.774. The summed E-state index contributed by atoms with van der Waals surface area (Å²) < 4.78 is 0. The third-order valence-electron chi connectivity index (χ3n) is 4.48. The lowest BCUT2D eigenvalue weighted by Gasteiger charge is -2.30. The Bertz CT molecular complexity index is 611. The lowest BCUT2D eigenvalue weighted by atomic mass is 10.1. The van der Waals surface area contributed by atoms with Gasteiger partial charge in [0.1, 0.15) is 0 Å². The van der Waals surface area contributed by atoms with E-state index in [1.165, 1.54) is 0 Å². The predicted octanol–water partition coefficient (Wildman–Crippen LogP) is 3.62. The van der Waals surface area contributed by atoms with E-state index in [1.54, 1.807) is 0 Å². The average molecular weight is 518 g/mol. The molecular weight excluding hydrogens is 477 g/mol. The van der Waals surface area contributed by atoms with E-state index in [0.717, 1.165) is 37.6 Å². The number of aliphatic imine (C=N–C) groups is 1. The molecule has 0 atom stereocenters. The van der Waals surface area contributed by atoms with Crippen LogP contribution in [0, 0.1) is 0 Å². The molecule has 1 amide bonds. The Morgan fingerprint density at radius 3 is 2.31 bits per heavy atom. The molecule has 1 rings (SSSR count). The van der Waals surface area contributed by atoms with Gasteiger partial charge in [-0.25, -0.2) is 4.99 Å². The Labute approximate surface area is 194 Å². The molecule has 0 radical (unpaired) electrons. The zero-order valence-electron chi connectivity index (χ0n) is 18.9. The average Bonchev–Trinajstić information content (AvgIpc) is 2.66. The summed E-state index contributed by atoms with van der Waals surface area (Å²) in [6, 6.07) is 8.70. The van der Waals surface area contributed by atoms with Crippen LogP contribution in [0.15, 0.2) is 29.3 Å². The van der Waals surface area contributed by atoms with Gasteiger partial charge in [-0.3, -0.25) is 9.69 Å². The minimum atomic E-state index is -0.0276. The smallest absolute Gasteiger partial charge is 0.251 e. The summed E-state index contributed by atoms with van der Waals surface area (Å²) >= 11 is 0. The van der Waals surface area contributed by atoms with Gasteiger partial charge in [0.2, 0.25) is 0 Å². The van der Waals surface area contributed by atoms with Crippen LogP contribution in [0.25, 0.3) is 0 Å². The third-order valence-corrected chi connectivity index (χ3v) is 4.48. The van der Waals surface area contributed by atoms with Crippen LogP contribution in [0.4, 0.5) is 0 Å². The zero-order chi connectivity index (χ0) is 20.9. The molecule has 0 aliphatic carbocycles. The number of hydrogen-bond donors (Lipinski definition) is 3. The van der Waals surface area contributed by atoms with Crippen molar-refractivity contribution in [3.05, 3.63) is 35.4 Å². The molecule has 3 N–H and O–H groups in total. The van der Waals surface area contributed by atoms with Crippen LogP contribution >= 0.6 is 24.0 Å². The van der Waals surface area contributed by atoms with E-state index in [4.69, 9.17) is 0 Å². The van der Waals surface area contributed by atoms with E-state index in [1.807, 2.05) is 31.2 Å². The first-order valence-corrected chi connectivity index (χ1v) is 10.5. The molecule has 0 spiro atoms. The monoisotopic (exact) mass is 517 g/mol. The van der Waals surface area contributed by atoms with Gasteiger partial charge in [0.15, 0.2) is 5.96 Å². The molecular formula is C22H40IN5O. The maximum absolute atomic E-state index is 12.1. The van der Waals surface area contributed by atoms with Crippen molar-refractivity contribution in [3.8, 4) is 0 Å². The number of rotatable bonds is 11. The Balaban J connectivity index is 0.00000784. The molecule has 1 aromatic rings. The largest absolute Gasteiger partial charge is 0.357 e. The second-order valence-electron chi connectivity index (χ2n) is 7.50. The molecule has 0 bridgehead atoms. The standard InChI is InChI=1S/C22H39N5O.HI/c1-7-12-24-21(28)20-11-9-10-19(15-20)16-26-22(23-8-2)25-13-14-27(17(3)4)18(5)6;/h9-11,15,17-18H,7-8,12-14,16H2,1-6H3,(H,24,28)(H2,23,25,26);1H. The number of benzene rings is 1. The van der Waals surface area contributed by atoms with Crippen LogP contribution in [-0.2, 0) is 6.54 Å². The summed E-state index contributed by atoms with van der Waals surface area (Å²) in [6.07, 6.45) is 0.929. The summed E-state index contributed by atoms with van der Waals surface area (Å²) in [5, 5.41) is 9.62. The minimum Gasteiger partial charge on any atom is -0.357 e. The molecule has 1 aromatic carbocycles. The lowest BCUT2D eigenvalue weighted by molar-refractivity contribution is 0.0953. The minimum absolute atomic E-state index is 0. The number of hydrogen-bond acceptors (Lipinski definition) is 3. The number of guanidine groups is 1. The van der Waals surface area contributed by atoms with Crippen molar-refractivity contribution in [1.82, 2.24) is 20.9 Å². The highest BCUT2D eigenvalue weighted by Crippen LogP contribution is 2.07. The van der Waals surface area contributed by atoms with Gasteiger partial charge >= 0.3 is 0 Å². The Morgan fingerprint density at radius 1 is 1.03 bits per heavy atom. The maximum Gasteiger partial charge on any atom is 0.251 e. The van der Waals surface area contributed by atoms with Crippen LogP contribution in [0.1, 0.15) is 63.9 Å². The highest BCUT2D eigenvalue weighted by Gasteiger charge is 2.12. The Kier molecular flexibility index (Phi) is 14.8. The van der Waals surface area contributed by atoms with E-state index >= 15 is 0 Å². The normalized spacial score (nSPS) is 11.6. The van der Waals surface area contributed by atoms with E-state index in [-0.39, 0.29) is 29.9 Å². The first-order chi connectivity index (χ1) is 13.4. The fraction of sp³-hybridized carbons (Fsp3) is 0.636. The Morgan fingerprint density at radius 2 is 1.72 bits per heavy atom. The first kappa shape index (κ1) is 27.6. The van der Waals surface area contributed by atoms with Gasteiger partial charge in [-0.2, -0.15) is 0 Å². The van der Waals surface area contributed by atoms with Crippen LogP contribution < -0.4 is 16.0 Å². The number of carbonyl (C=O) groups excluding carboxylic acids is 1. The molecule has 6 nitrogen and oxygen atoms in total. The molecule has 0 saturated carbocycles. The molecule has 0 heterocycles. The predicted molar refractivity (Wildman–Crippen MR) is 134 cm³/mol. The van der Waals surface area contributed by atoms with Gasteiger partial charge in [0.25, 0.3) is 5.91 Å². The fourth-order valence-electron chi connectivity index (χ4n) is 3.08. The van der Waals surface area contributed by atoms with Crippen molar-refractivity contribution in [2.45, 2.75) is 66.6 Å². The zero-order valence-corrected chi connectivity index (χ0v) is 21.2. The number of nitrogens with one attached hydrogen (secondary N) is 3. The summed E-state index contributed by atoms with van der Waals surface area (Å²) in [7, 11) is 0. The highest BCUT2D eigenvalue weighted by atomic mass is 127. The van der Waals surface area contributed by atoms with Crippen molar-refractivity contribution >= 4 is 35.8 Å². The highest BCUT2D eigenvalue weighted by molar-refractivity contribution is 14.0. The molecule has 0 fully saturated rings. The van der Waals surface area contributed by atoms with Gasteiger partial charge < -0.3 is 16.0 Å². The van der Waals surface area contributed by atoms with E-state index < -0.39 is 0 Å². The molecule has 0 unspecified atom stereocenters. The summed E-state index contributed by atoms with van der Waals surface area (Å²) in [4.78, 5) is 19.3. The van der Waals surface area contributed by atoms with E-state index in [0.29, 0.717) is 30.7 Å².